The molecule has 0 aliphatic heterocycles. The van der Waals surface area contributed by atoms with Gasteiger partial charge in [-0.05, 0) is 54.7 Å². The molecule has 4 heteroatoms. The quantitative estimate of drug-likeness (QED) is 0.626. The highest BCUT2D eigenvalue weighted by Crippen LogP contribution is 2.34. The fraction of sp³-hybridized carbons (Fsp3) is 0.480. The summed E-state index contributed by atoms with van der Waals surface area (Å²) in [6.45, 7) is 1.08. The fourth-order valence-corrected chi connectivity index (χ4v) is 4.84. The summed E-state index contributed by atoms with van der Waals surface area (Å²) in [6.07, 6.45) is 16.3. The molecule has 5 rings (SSSR count). The van der Waals surface area contributed by atoms with E-state index in [4.69, 9.17) is 0 Å². The van der Waals surface area contributed by atoms with E-state index in [9.17, 15) is 4.79 Å². The summed E-state index contributed by atoms with van der Waals surface area (Å²) in [7, 11) is 0. The van der Waals surface area contributed by atoms with Gasteiger partial charge in [0.15, 0.2) is 5.78 Å². The van der Waals surface area contributed by atoms with E-state index in [0.29, 0.717) is 18.2 Å². The van der Waals surface area contributed by atoms with Crippen LogP contribution in [0.2, 0.25) is 0 Å². The molecule has 2 aromatic rings. The second-order valence-electron chi connectivity index (χ2n) is 8.85. The minimum atomic E-state index is 0.0809. The number of hydrogen-bond acceptors (Lipinski definition) is 4. The zero-order valence-corrected chi connectivity index (χ0v) is 17.0. The first kappa shape index (κ1) is 18.5. The first-order valence-electron chi connectivity index (χ1n) is 11.2. The van der Waals surface area contributed by atoms with Gasteiger partial charge in [-0.2, -0.15) is 0 Å². The molecule has 0 spiro atoms. The average Bonchev–Trinajstić information content (AvgIpc) is 3.46. The van der Waals surface area contributed by atoms with Crippen LogP contribution in [0.3, 0.4) is 0 Å². The van der Waals surface area contributed by atoms with Crippen LogP contribution < -0.4 is 4.90 Å². The molecule has 0 atom stereocenters. The van der Waals surface area contributed by atoms with Gasteiger partial charge >= 0.3 is 0 Å². The minimum absolute atomic E-state index is 0.0809. The third-order valence-corrected chi connectivity index (χ3v) is 6.66. The Morgan fingerprint density at radius 2 is 1.93 bits per heavy atom. The number of anilines is 1. The van der Waals surface area contributed by atoms with Crippen molar-refractivity contribution in [2.75, 3.05) is 11.4 Å². The molecule has 0 unspecified atom stereocenters. The van der Waals surface area contributed by atoms with E-state index in [1.165, 1.54) is 56.1 Å². The second-order valence-corrected chi connectivity index (χ2v) is 8.85. The van der Waals surface area contributed by atoms with Crippen molar-refractivity contribution in [2.45, 2.75) is 63.8 Å². The molecular formula is C25H29N3O. The average molecular weight is 388 g/mol. The minimum Gasteiger partial charge on any atom is -0.353 e. The zero-order chi connectivity index (χ0) is 19.6. The Labute approximate surface area is 173 Å². The van der Waals surface area contributed by atoms with Crippen LogP contribution in [-0.4, -0.2) is 28.3 Å². The van der Waals surface area contributed by atoms with Crippen LogP contribution in [0.1, 0.15) is 72.1 Å². The maximum atomic E-state index is 13.1. The van der Waals surface area contributed by atoms with Crippen LogP contribution >= 0.6 is 0 Å². The first-order valence-corrected chi connectivity index (χ1v) is 11.2. The molecule has 2 saturated carbocycles. The van der Waals surface area contributed by atoms with Crippen LogP contribution in [0.4, 0.5) is 5.82 Å². The molecule has 2 fully saturated rings. The van der Waals surface area contributed by atoms with Gasteiger partial charge in [0.05, 0.1) is 0 Å². The van der Waals surface area contributed by atoms with Crippen molar-refractivity contribution in [3.8, 4) is 0 Å². The normalized spacial score (nSPS) is 18.6. The number of allylic oxidation sites excluding steroid dienone is 1. The summed E-state index contributed by atoms with van der Waals surface area (Å²) in [4.78, 5) is 24.5. The van der Waals surface area contributed by atoms with E-state index < -0.39 is 0 Å². The molecule has 0 amide bonds. The summed E-state index contributed by atoms with van der Waals surface area (Å²) >= 11 is 0. The molecule has 0 radical (unpaired) electrons. The van der Waals surface area contributed by atoms with E-state index >= 15 is 0 Å². The standard InChI is InChI=1S/C25H29N3O/c29-24(14-20-8-4-6-19-7-5-11-22(19)20)23-15-25(27-17-26-23)28(16-18-12-13-18)21-9-2-1-3-10-21/h4-6,8,11,15,17-18,21H,1-3,7,9-10,12-14,16H2. The Morgan fingerprint density at radius 1 is 1.07 bits per heavy atom. The summed E-state index contributed by atoms with van der Waals surface area (Å²) < 4.78 is 0. The van der Waals surface area contributed by atoms with Gasteiger partial charge in [-0.25, -0.2) is 9.97 Å². The van der Waals surface area contributed by atoms with Crippen molar-refractivity contribution in [3.05, 3.63) is 59.1 Å². The molecule has 1 aromatic carbocycles. The smallest absolute Gasteiger partial charge is 0.185 e. The summed E-state index contributed by atoms with van der Waals surface area (Å²) in [5, 5.41) is 0. The van der Waals surface area contributed by atoms with E-state index in [1.54, 1.807) is 6.33 Å². The zero-order valence-electron chi connectivity index (χ0n) is 17.0. The Bertz CT molecular complexity index is 925. The van der Waals surface area contributed by atoms with Gasteiger partial charge in [0.25, 0.3) is 0 Å². The molecule has 0 N–H and O–H groups in total. The SMILES string of the molecule is O=C(Cc1cccc2c1C=CC2)c1cc(N(CC2CC2)C2CCCCC2)ncn1. The Balaban J connectivity index is 1.37. The van der Waals surface area contributed by atoms with Crippen molar-refractivity contribution in [1.82, 2.24) is 9.97 Å². The molecule has 3 aliphatic rings. The summed E-state index contributed by atoms with van der Waals surface area (Å²) in [6, 6.07) is 8.77. The summed E-state index contributed by atoms with van der Waals surface area (Å²) in [5.41, 5.74) is 4.17. The lowest BCUT2D eigenvalue weighted by Crippen LogP contribution is -2.39. The van der Waals surface area contributed by atoms with Gasteiger partial charge in [-0.1, -0.05) is 49.6 Å². The van der Waals surface area contributed by atoms with Crippen LogP contribution in [0.25, 0.3) is 6.08 Å². The number of ketones is 1. The molecule has 3 aliphatic carbocycles. The number of carbonyl (C=O) groups excluding carboxylic acids is 1. The highest BCUT2D eigenvalue weighted by Gasteiger charge is 2.30. The lowest BCUT2D eigenvalue weighted by atomic mass is 9.94. The highest BCUT2D eigenvalue weighted by atomic mass is 16.1. The Kier molecular flexibility index (Phi) is 5.17. The number of nitrogens with zero attached hydrogens (tertiary/aromatic N) is 3. The maximum absolute atomic E-state index is 13.1. The molecular weight excluding hydrogens is 358 g/mol. The Morgan fingerprint density at radius 3 is 2.76 bits per heavy atom. The van der Waals surface area contributed by atoms with E-state index in [2.05, 4.69) is 45.2 Å². The number of aromatic nitrogens is 2. The van der Waals surface area contributed by atoms with Gasteiger partial charge in [0.1, 0.15) is 17.8 Å². The molecule has 29 heavy (non-hydrogen) atoms. The van der Waals surface area contributed by atoms with Gasteiger partial charge in [0, 0.05) is 25.1 Å². The van der Waals surface area contributed by atoms with Crippen LogP contribution in [-0.2, 0) is 12.8 Å². The van der Waals surface area contributed by atoms with Crippen LogP contribution in [0.5, 0.6) is 0 Å². The van der Waals surface area contributed by atoms with Gasteiger partial charge in [-0.3, -0.25) is 4.79 Å². The van der Waals surface area contributed by atoms with Crippen molar-refractivity contribution < 1.29 is 4.79 Å². The van der Waals surface area contributed by atoms with E-state index in [0.717, 1.165) is 30.3 Å². The number of hydrogen-bond donors (Lipinski definition) is 0. The third-order valence-electron chi connectivity index (χ3n) is 6.66. The van der Waals surface area contributed by atoms with E-state index in [1.807, 2.05) is 6.07 Å². The van der Waals surface area contributed by atoms with Crippen LogP contribution in [0, 0.1) is 5.92 Å². The van der Waals surface area contributed by atoms with E-state index in [-0.39, 0.29) is 5.78 Å². The number of benzene rings is 1. The molecule has 1 heterocycles. The maximum Gasteiger partial charge on any atom is 0.185 e. The predicted octanol–water partition coefficient (Wildman–Crippen LogP) is 5.02. The molecule has 0 bridgehead atoms. The third kappa shape index (κ3) is 4.12. The monoisotopic (exact) mass is 387 g/mol. The molecule has 4 nitrogen and oxygen atoms in total. The van der Waals surface area contributed by atoms with Crippen molar-refractivity contribution >= 4 is 17.7 Å². The van der Waals surface area contributed by atoms with Crippen LogP contribution in [0.15, 0.2) is 36.7 Å². The van der Waals surface area contributed by atoms with Gasteiger partial charge in [0.2, 0.25) is 0 Å². The van der Waals surface area contributed by atoms with Crippen molar-refractivity contribution in [2.24, 2.45) is 5.92 Å². The second kappa shape index (κ2) is 8.10. The number of rotatable bonds is 7. The predicted molar refractivity (Wildman–Crippen MR) is 116 cm³/mol. The number of fused-ring (bicyclic) bond motifs is 1. The largest absolute Gasteiger partial charge is 0.353 e. The van der Waals surface area contributed by atoms with Crippen molar-refractivity contribution in [1.29, 1.82) is 0 Å². The topological polar surface area (TPSA) is 46.1 Å². The van der Waals surface area contributed by atoms with Gasteiger partial charge < -0.3 is 4.90 Å². The van der Waals surface area contributed by atoms with Gasteiger partial charge in [-0.15, -0.1) is 0 Å². The highest BCUT2D eigenvalue weighted by molar-refractivity contribution is 5.97. The number of carbonyl (C=O) groups is 1. The molecule has 150 valence electrons. The lowest BCUT2D eigenvalue weighted by Gasteiger charge is -2.35. The summed E-state index contributed by atoms with van der Waals surface area (Å²) in [5.74, 6) is 1.82. The molecule has 0 saturated heterocycles. The van der Waals surface area contributed by atoms with Crippen molar-refractivity contribution in [3.63, 3.8) is 0 Å². The number of Topliss-reactive ketones (excluding diaryl/α,β-unsaturated/α-hetero) is 1. The lowest BCUT2D eigenvalue weighted by molar-refractivity contribution is 0.0988. The molecule has 1 aromatic heterocycles. The fourth-order valence-electron chi connectivity index (χ4n) is 4.84. The first-order chi connectivity index (χ1) is 14.3. The Hall–Kier alpha value is -2.49.